The highest BCUT2D eigenvalue weighted by molar-refractivity contribution is 7.88. The van der Waals surface area contributed by atoms with Crippen molar-refractivity contribution in [3.63, 3.8) is 0 Å². The van der Waals surface area contributed by atoms with Crippen molar-refractivity contribution in [2.24, 2.45) is 14.1 Å². The third-order valence-electron chi connectivity index (χ3n) is 3.51. The van der Waals surface area contributed by atoms with E-state index in [4.69, 9.17) is 0 Å². The lowest BCUT2D eigenvalue weighted by molar-refractivity contribution is -0.116. The summed E-state index contributed by atoms with van der Waals surface area (Å²) < 4.78 is 25.7. The molecule has 2 aromatic rings. The van der Waals surface area contributed by atoms with Crippen LogP contribution in [0.4, 0.5) is 5.69 Å². The number of nitrogens with one attached hydrogen (secondary N) is 1. The molecule has 2 aromatic heterocycles. The van der Waals surface area contributed by atoms with Crippen LogP contribution in [-0.2, 0) is 28.9 Å². The number of rotatable bonds is 4. The van der Waals surface area contributed by atoms with E-state index < -0.39 is 27.2 Å². The van der Waals surface area contributed by atoms with Crippen molar-refractivity contribution in [1.29, 1.82) is 0 Å². The van der Waals surface area contributed by atoms with Crippen LogP contribution in [0.3, 0.4) is 0 Å². The Hall–Kier alpha value is -2.53. The molecule has 24 heavy (non-hydrogen) atoms. The van der Waals surface area contributed by atoms with Crippen molar-refractivity contribution in [3.8, 4) is 0 Å². The number of aromatic nitrogens is 3. The second-order valence-electron chi connectivity index (χ2n) is 5.37. The number of sulfonamides is 1. The molecule has 130 valence electrons. The van der Waals surface area contributed by atoms with E-state index in [0.717, 1.165) is 15.1 Å². The lowest BCUT2D eigenvalue weighted by Gasteiger charge is -2.14. The van der Waals surface area contributed by atoms with E-state index in [1.165, 1.54) is 38.0 Å². The molecule has 11 heteroatoms. The number of carbonyl (C=O) groups is 1. The molecule has 0 unspecified atom stereocenters. The number of anilines is 1. The first-order valence-electron chi connectivity index (χ1n) is 6.79. The summed E-state index contributed by atoms with van der Waals surface area (Å²) in [5, 5.41) is 2.64. The van der Waals surface area contributed by atoms with Gasteiger partial charge in [-0.3, -0.25) is 18.7 Å². The van der Waals surface area contributed by atoms with Crippen LogP contribution < -0.4 is 16.6 Å². The van der Waals surface area contributed by atoms with Crippen LogP contribution >= 0.6 is 0 Å². The minimum absolute atomic E-state index is 0.161. The summed E-state index contributed by atoms with van der Waals surface area (Å²) in [6.07, 6.45) is 2.28. The average Bonchev–Trinajstić information content (AvgIpc) is 2.49. The third-order valence-corrected chi connectivity index (χ3v) is 4.77. The van der Waals surface area contributed by atoms with E-state index in [2.05, 4.69) is 10.3 Å². The summed E-state index contributed by atoms with van der Waals surface area (Å²) in [7, 11) is 0.621. The van der Waals surface area contributed by atoms with Gasteiger partial charge in [0.15, 0.2) is 0 Å². The molecule has 0 aliphatic carbocycles. The lowest BCUT2D eigenvalue weighted by atomic mass is 10.3. The van der Waals surface area contributed by atoms with Gasteiger partial charge in [0.05, 0.1) is 30.1 Å². The highest BCUT2D eigenvalue weighted by Gasteiger charge is 2.16. The number of hydrogen-bond acceptors (Lipinski definition) is 6. The maximum absolute atomic E-state index is 12.2. The molecule has 1 amide bonds. The quantitative estimate of drug-likeness (QED) is 0.709. The first-order valence-corrected chi connectivity index (χ1v) is 8.64. The molecular weight excluding hydrogens is 338 g/mol. The minimum atomic E-state index is -3.48. The van der Waals surface area contributed by atoms with E-state index in [9.17, 15) is 22.8 Å². The van der Waals surface area contributed by atoms with Crippen molar-refractivity contribution in [1.82, 2.24) is 18.4 Å². The fourth-order valence-corrected chi connectivity index (χ4v) is 2.41. The van der Waals surface area contributed by atoms with E-state index in [0.29, 0.717) is 0 Å². The summed E-state index contributed by atoms with van der Waals surface area (Å²) >= 11 is 0. The molecule has 0 spiro atoms. The summed E-state index contributed by atoms with van der Waals surface area (Å²) in [5.74, 6) is -0.578. The zero-order valence-corrected chi connectivity index (χ0v) is 14.4. The monoisotopic (exact) mass is 355 g/mol. The Kier molecular flexibility index (Phi) is 4.58. The van der Waals surface area contributed by atoms with Crippen LogP contribution in [-0.4, -0.2) is 52.6 Å². The zero-order chi connectivity index (χ0) is 18.2. The molecule has 2 rings (SSSR count). The Labute approximate surface area is 137 Å². The molecule has 0 saturated heterocycles. The maximum atomic E-state index is 12.2. The second kappa shape index (κ2) is 6.17. The Morgan fingerprint density at radius 2 is 1.92 bits per heavy atom. The van der Waals surface area contributed by atoms with Crippen LogP contribution in [0.5, 0.6) is 0 Å². The molecule has 0 aromatic carbocycles. The van der Waals surface area contributed by atoms with Gasteiger partial charge in [-0.15, -0.1) is 0 Å². The first-order chi connectivity index (χ1) is 11.0. The standard InChI is InChI=1S/C13H17N5O5S/c1-16(24(4,22)23)7-10(19)15-8-5-9-11(14-6-8)17(2)13(21)18(3)12(9)20/h5-6H,7H2,1-4H3,(H,15,19). The minimum Gasteiger partial charge on any atom is -0.324 e. The van der Waals surface area contributed by atoms with Gasteiger partial charge < -0.3 is 5.32 Å². The van der Waals surface area contributed by atoms with Gasteiger partial charge in [0.2, 0.25) is 15.9 Å². The number of hydrogen-bond donors (Lipinski definition) is 1. The molecule has 0 saturated carbocycles. The van der Waals surface area contributed by atoms with Crippen LogP contribution in [0.25, 0.3) is 11.0 Å². The molecule has 2 heterocycles. The van der Waals surface area contributed by atoms with E-state index in [-0.39, 0.29) is 23.3 Å². The van der Waals surface area contributed by atoms with Crippen LogP contribution in [0.15, 0.2) is 21.9 Å². The summed E-state index contributed by atoms with van der Waals surface area (Å²) in [6, 6.07) is 1.39. The lowest BCUT2D eigenvalue weighted by Crippen LogP contribution is -2.37. The van der Waals surface area contributed by atoms with Crippen molar-refractivity contribution >= 4 is 32.7 Å². The molecule has 0 bridgehead atoms. The molecule has 0 aliphatic heterocycles. The summed E-state index contributed by atoms with van der Waals surface area (Å²) in [6.45, 7) is -0.373. The van der Waals surface area contributed by atoms with Gasteiger partial charge in [0.1, 0.15) is 5.65 Å². The van der Waals surface area contributed by atoms with Gasteiger partial charge in [-0.2, -0.15) is 4.31 Å². The van der Waals surface area contributed by atoms with Crippen molar-refractivity contribution in [3.05, 3.63) is 33.1 Å². The highest BCUT2D eigenvalue weighted by atomic mass is 32.2. The van der Waals surface area contributed by atoms with Gasteiger partial charge in [-0.25, -0.2) is 18.2 Å². The number of nitrogens with zero attached hydrogens (tertiary/aromatic N) is 4. The maximum Gasteiger partial charge on any atom is 0.332 e. The molecule has 0 aliphatic rings. The fourth-order valence-electron chi connectivity index (χ4n) is 2.05. The SMILES string of the molecule is CN(CC(=O)Nc1cnc2c(c1)c(=O)n(C)c(=O)n2C)S(C)(=O)=O. The van der Waals surface area contributed by atoms with Crippen LogP contribution in [0.1, 0.15) is 0 Å². The number of pyridine rings is 1. The molecule has 0 atom stereocenters. The highest BCUT2D eigenvalue weighted by Crippen LogP contribution is 2.12. The molecule has 1 N–H and O–H groups in total. The fraction of sp³-hybridized carbons (Fsp3) is 0.385. The topological polar surface area (TPSA) is 123 Å². The van der Waals surface area contributed by atoms with Crippen molar-refractivity contribution in [2.75, 3.05) is 25.2 Å². The number of likely N-dealkylation sites (N-methyl/N-ethyl adjacent to an activating group) is 1. The molecule has 10 nitrogen and oxygen atoms in total. The third kappa shape index (κ3) is 3.36. The predicted molar refractivity (Wildman–Crippen MR) is 88.3 cm³/mol. The summed E-state index contributed by atoms with van der Waals surface area (Å²) in [5.41, 5.74) is -0.629. The first kappa shape index (κ1) is 17.8. The normalized spacial score (nSPS) is 11.9. The predicted octanol–water partition coefficient (Wildman–Crippen LogP) is -1.54. The zero-order valence-electron chi connectivity index (χ0n) is 13.6. The van der Waals surface area contributed by atoms with Gasteiger partial charge in [-0.1, -0.05) is 0 Å². The van der Waals surface area contributed by atoms with Gasteiger partial charge in [0, 0.05) is 21.1 Å². The number of fused-ring (bicyclic) bond motifs is 1. The number of aryl methyl sites for hydroxylation is 1. The number of amides is 1. The van der Waals surface area contributed by atoms with E-state index >= 15 is 0 Å². The number of carbonyl (C=O) groups excluding carboxylic acids is 1. The smallest absolute Gasteiger partial charge is 0.324 e. The summed E-state index contributed by atoms with van der Waals surface area (Å²) in [4.78, 5) is 39.9. The Morgan fingerprint density at radius 1 is 1.29 bits per heavy atom. The van der Waals surface area contributed by atoms with Gasteiger partial charge >= 0.3 is 5.69 Å². The second-order valence-corrected chi connectivity index (χ2v) is 7.46. The van der Waals surface area contributed by atoms with Crippen molar-refractivity contribution < 1.29 is 13.2 Å². The van der Waals surface area contributed by atoms with Gasteiger partial charge in [-0.05, 0) is 6.07 Å². The van der Waals surface area contributed by atoms with Crippen LogP contribution in [0.2, 0.25) is 0 Å². The Morgan fingerprint density at radius 3 is 2.50 bits per heavy atom. The average molecular weight is 355 g/mol. The molecular formula is C13H17N5O5S. The Balaban J connectivity index is 2.37. The van der Waals surface area contributed by atoms with Crippen LogP contribution in [0, 0.1) is 0 Å². The van der Waals surface area contributed by atoms with Crippen molar-refractivity contribution in [2.45, 2.75) is 0 Å². The van der Waals surface area contributed by atoms with E-state index in [1.54, 1.807) is 0 Å². The molecule has 0 radical (unpaired) electrons. The molecule has 0 fully saturated rings. The van der Waals surface area contributed by atoms with E-state index in [1.807, 2.05) is 0 Å². The Bertz CT molecular complexity index is 1040. The van der Waals surface area contributed by atoms with Gasteiger partial charge in [0.25, 0.3) is 5.56 Å². The largest absolute Gasteiger partial charge is 0.332 e.